The standard InChI is InChI=1S/C33H45N5O3Si/c1-24-20-37(18-17-27(22-41-42(5,6)33(2,3)4)38-21-29(32(34)40)35-23-38)30-19-26(15-16-28(24)30)36-31(39)14-10-13-25-11-8-7-9-12-25/h7-9,11-12,15-16,19-21,23,27H,10,13-14,17-18,22H2,1-6H3,(H2,34,40)(H,36,39). The third-order valence-electron chi connectivity index (χ3n) is 8.50. The van der Waals surface area contributed by atoms with Crippen molar-refractivity contribution < 1.29 is 14.0 Å². The van der Waals surface area contributed by atoms with E-state index in [1.165, 1.54) is 11.1 Å². The van der Waals surface area contributed by atoms with E-state index in [4.69, 9.17) is 10.2 Å². The third kappa shape index (κ3) is 7.77. The first-order valence-electron chi connectivity index (χ1n) is 14.7. The molecule has 42 heavy (non-hydrogen) atoms. The Balaban J connectivity index is 1.47. The van der Waals surface area contributed by atoms with Gasteiger partial charge in [-0.1, -0.05) is 57.2 Å². The zero-order chi connectivity index (χ0) is 30.5. The number of nitrogens with two attached hydrogens (primary N) is 1. The number of fused-ring (bicyclic) bond motifs is 1. The van der Waals surface area contributed by atoms with Gasteiger partial charge in [0.2, 0.25) is 5.91 Å². The predicted octanol–water partition coefficient (Wildman–Crippen LogP) is 6.86. The summed E-state index contributed by atoms with van der Waals surface area (Å²) in [5.74, 6) is -0.521. The van der Waals surface area contributed by atoms with Crippen LogP contribution in [0.15, 0.2) is 67.3 Å². The largest absolute Gasteiger partial charge is 0.415 e. The van der Waals surface area contributed by atoms with Crippen molar-refractivity contribution in [3.63, 3.8) is 0 Å². The number of rotatable bonds is 13. The number of aryl methyl sites for hydroxylation is 3. The van der Waals surface area contributed by atoms with Crippen LogP contribution in [0.25, 0.3) is 10.9 Å². The summed E-state index contributed by atoms with van der Waals surface area (Å²) in [6.07, 6.45) is 8.47. The van der Waals surface area contributed by atoms with Gasteiger partial charge < -0.3 is 24.6 Å². The molecule has 3 N–H and O–H groups in total. The normalized spacial score (nSPS) is 12.9. The number of carbonyl (C=O) groups excluding carboxylic acids is 2. The average molecular weight is 588 g/mol. The summed E-state index contributed by atoms with van der Waals surface area (Å²) >= 11 is 0. The second-order valence-corrected chi connectivity index (χ2v) is 17.5. The Morgan fingerprint density at radius 1 is 1.10 bits per heavy atom. The SMILES string of the molecule is Cc1cn(CCC(CO[Si](C)(C)C(C)(C)C)n2cnc(C(N)=O)c2)c2cc(NC(=O)CCCc3ccccc3)ccc12. The maximum atomic E-state index is 12.7. The van der Waals surface area contributed by atoms with Crippen LogP contribution in [-0.2, 0) is 22.2 Å². The minimum Gasteiger partial charge on any atom is -0.415 e. The summed E-state index contributed by atoms with van der Waals surface area (Å²) in [7, 11) is -1.99. The number of hydrogen-bond acceptors (Lipinski definition) is 4. The number of primary amides is 1. The highest BCUT2D eigenvalue weighted by molar-refractivity contribution is 6.74. The van der Waals surface area contributed by atoms with Crippen LogP contribution in [0.4, 0.5) is 5.69 Å². The molecule has 0 aliphatic heterocycles. The fraction of sp³-hybridized carbons (Fsp3) is 0.424. The van der Waals surface area contributed by atoms with Gasteiger partial charge in [-0.05, 0) is 67.6 Å². The lowest BCUT2D eigenvalue weighted by Crippen LogP contribution is -2.42. The topological polar surface area (TPSA) is 104 Å². The van der Waals surface area contributed by atoms with Crippen LogP contribution in [-0.4, -0.2) is 40.9 Å². The molecule has 1 unspecified atom stereocenters. The summed E-state index contributed by atoms with van der Waals surface area (Å²) in [6, 6.07) is 16.3. The smallest absolute Gasteiger partial charge is 0.268 e. The van der Waals surface area contributed by atoms with Gasteiger partial charge in [0, 0.05) is 36.4 Å². The highest BCUT2D eigenvalue weighted by Crippen LogP contribution is 2.37. The molecule has 0 saturated heterocycles. The Labute approximate surface area is 250 Å². The van der Waals surface area contributed by atoms with E-state index in [1.807, 2.05) is 28.8 Å². The molecule has 0 aliphatic carbocycles. The van der Waals surface area contributed by atoms with Crippen LogP contribution in [0, 0.1) is 6.92 Å². The maximum absolute atomic E-state index is 12.7. The molecule has 2 heterocycles. The summed E-state index contributed by atoms with van der Waals surface area (Å²) in [5.41, 5.74) is 10.0. The van der Waals surface area contributed by atoms with Gasteiger partial charge in [-0.3, -0.25) is 9.59 Å². The van der Waals surface area contributed by atoms with Crippen molar-refractivity contribution in [1.82, 2.24) is 14.1 Å². The van der Waals surface area contributed by atoms with Gasteiger partial charge in [-0.2, -0.15) is 0 Å². The minimum atomic E-state index is -1.99. The number of nitrogens with zero attached hydrogens (tertiary/aromatic N) is 3. The molecule has 0 saturated carbocycles. The molecule has 0 fully saturated rings. The molecule has 0 bridgehead atoms. The molecule has 2 aromatic carbocycles. The Hall–Kier alpha value is -3.69. The molecule has 2 aromatic heterocycles. The van der Waals surface area contributed by atoms with Crippen LogP contribution in [0.3, 0.4) is 0 Å². The zero-order valence-corrected chi connectivity index (χ0v) is 26.8. The summed E-state index contributed by atoms with van der Waals surface area (Å²) in [4.78, 5) is 28.7. The van der Waals surface area contributed by atoms with Gasteiger partial charge in [-0.25, -0.2) is 4.98 Å². The highest BCUT2D eigenvalue weighted by Gasteiger charge is 2.37. The first-order chi connectivity index (χ1) is 19.8. The molecule has 4 rings (SSSR count). The van der Waals surface area contributed by atoms with Crippen molar-refractivity contribution in [2.24, 2.45) is 5.73 Å². The Bertz CT molecular complexity index is 1520. The molecule has 9 heteroatoms. The fourth-order valence-electron chi connectivity index (χ4n) is 4.85. The van der Waals surface area contributed by atoms with E-state index in [0.717, 1.165) is 42.4 Å². The number of benzene rings is 2. The van der Waals surface area contributed by atoms with Gasteiger partial charge in [0.15, 0.2) is 8.32 Å². The van der Waals surface area contributed by atoms with Gasteiger partial charge in [0.1, 0.15) is 5.69 Å². The lowest BCUT2D eigenvalue weighted by Gasteiger charge is -2.37. The lowest BCUT2D eigenvalue weighted by atomic mass is 10.1. The van der Waals surface area contributed by atoms with Crippen molar-refractivity contribution in [2.75, 3.05) is 11.9 Å². The molecule has 8 nitrogen and oxygen atoms in total. The van der Waals surface area contributed by atoms with Crippen LogP contribution >= 0.6 is 0 Å². The number of imidazole rings is 1. The van der Waals surface area contributed by atoms with Crippen LogP contribution in [0.1, 0.15) is 67.7 Å². The minimum absolute atomic E-state index is 0.0216. The van der Waals surface area contributed by atoms with Gasteiger partial charge in [-0.15, -0.1) is 0 Å². The Kier molecular flexibility index (Phi) is 9.73. The van der Waals surface area contributed by atoms with Crippen LogP contribution < -0.4 is 11.1 Å². The Morgan fingerprint density at radius 2 is 1.83 bits per heavy atom. The number of aromatic nitrogens is 3. The van der Waals surface area contributed by atoms with E-state index in [-0.39, 0.29) is 22.7 Å². The van der Waals surface area contributed by atoms with E-state index in [2.05, 4.69) is 86.1 Å². The van der Waals surface area contributed by atoms with E-state index in [0.29, 0.717) is 13.0 Å². The lowest BCUT2D eigenvalue weighted by molar-refractivity contribution is -0.116. The van der Waals surface area contributed by atoms with E-state index in [1.54, 1.807) is 12.5 Å². The third-order valence-corrected chi connectivity index (χ3v) is 13.0. The number of carbonyl (C=O) groups is 2. The number of amides is 2. The molecular formula is C33H45N5O3Si. The molecular weight excluding hydrogens is 542 g/mol. The van der Waals surface area contributed by atoms with Crippen molar-refractivity contribution in [3.8, 4) is 0 Å². The molecule has 224 valence electrons. The summed E-state index contributed by atoms with van der Waals surface area (Å²) in [5, 5.41) is 4.33. The molecule has 0 spiro atoms. The second kappa shape index (κ2) is 13.1. The Morgan fingerprint density at radius 3 is 2.50 bits per heavy atom. The van der Waals surface area contributed by atoms with Crippen LogP contribution in [0.5, 0.6) is 0 Å². The van der Waals surface area contributed by atoms with Crippen molar-refractivity contribution in [1.29, 1.82) is 0 Å². The summed E-state index contributed by atoms with van der Waals surface area (Å²) in [6.45, 7) is 14.5. The zero-order valence-electron chi connectivity index (χ0n) is 25.8. The predicted molar refractivity (Wildman–Crippen MR) is 172 cm³/mol. The van der Waals surface area contributed by atoms with Crippen molar-refractivity contribution >= 4 is 36.7 Å². The molecule has 0 radical (unpaired) electrons. The van der Waals surface area contributed by atoms with E-state index in [9.17, 15) is 9.59 Å². The van der Waals surface area contributed by atoms with Gasteiger partial charge in [0.05, 0.1) is 24.5 Å². The fourth-order valence-corrected chi connectivity index (χ4v) is 5.89. The monoisotopic (exact) mass is 587 g/mol. The van der Waals surface area contributed by atoms with E-state index < -0.39 is 14.2 Å². The second-order valence-electron chi connectivity index (χ2n) is 12.7. The first-order valence-corrected chi connectivity index (χ1v) is 17.7. The molecule has 1 atom stereocenters. The number of anilines is 1. The summed E-state index contributed by atoms with van der Waals surface area (Å²) < 4.78 is 10.8. The first kappa shape index (κ1) is 31.2. The van der Waals surface area contributed by atoms with Gasteiger partial charge >= 0.3 is 0 Å². The van der Waals surface area contributed by atoms with Crippen molar-refractivity contribution in [2.45, 2.75) is 84.1 Å². The molecule has 4 aromatic rings. The number of nitrogens with one attached hydrogen (secondary N) is 1. The quantitative estimate of drug-likeness (QED) is 0.167. The molecule has 0 aliphatic rings. The van der Waals surface area contributed by atoms with Crippen molar-refractivity contribution in [3.05, 3.63) is 84.1 Å². The molecule has 2 amide bonds. The maximum Gasteiger partial charge on any atom is 0.268 e. The van der Waals surface area contributed by atoms with E-state index >= 15 is 0 Å². The number of hydrogen-bond donors (Lipinski definition) is 2. The van der Waals surface area contributed by atoms with Gasteiger partial charge in [0.25, 0.3) is 5.91 Å². The highest BCUT2D eigenvalue weighted by atomic mass is 28.4. The average Bonchev–Trinajstić information content (AvgIpc) is 3.54. The van der Waals surface area contributed by atoms with Crippen LogP contribution in [0.2, 0.25) is 18.1 Å².